The van der Waals surface area contributed by atoms with Crippen LogP contribution in [0.3, 0.4) is 0 Å². The van der Waals surface area contributed by atoms with E-state index in [2.05, 4.69) is 26.1 Å². The summed E-state index contributed by atoms with van der Waals surface area (Å²) in [6.07, 6.45) is 1.00. The number of methoxy groups -OCH3 is 2. The van der Waals surface area contributed by atoms with Crippen molar-refractivity contribution in [1.82, 2.24) is 10.2 Å². The maximum absolute atomic E-state index is 12.3. The largest absolute Gasteiger partial charge is 0.496 e. The van der Waals surface area contributed by atoms with E-state index < -0.39 is 6.04 Å². The molecule has 1 aromatic rings. The highest BCUT2D eigenvalue weighted by atomic mass is 79.9. The van der Waals surface area contributed by atoms with Crippen LogP contribution in [-0.2, 0) is 9.53 Å². The number of halogens is 1. The molecule has 0 spiro atoms. The lowest BCUT2D eigenvalue weighted by Gasteiger charge is -2.29. The predicted octanol–water partition coefficient (Wildman–Crippen LogP) is 1.97. The van der Waals surface area contributed by atoms with E-state index >= 15 is 0 Å². The van der Waals surface area contributed by atoms with Crippen LogP contribution in [0, 0.1) is 0 Å². The molecular weight excluding hydrogens is 336 g/mol. The van der Waals surface area contributed by atoms with Crippen molar-refractivity contribution in [2.75, 3.05) is 40.4 Å². The number of rotatable bonds is 4. The topological polar surface area (TPSA) is 50.8 Å². The van der Waals surface area contributed by atoms with Gasteiger partial charge < -0.3 is 14.8 Å². The van der Waals surface area contributed by atoms with E-state index in [9.17, 15) is 4.79 Å². The van der Waals surface area contributed by atoms with Gasteiger partial charge in [0.1, 0.15) is 11.8 Å². The summed E-state index contributed by atoms with van der Waals surface area (Å²) >= 11 is 3.47. The van der Waals surface area contributed by atoms with Gasteiger partial charge in [0.15, 0.2) is 0 Å². The van der Waals surface area contributed by atoms with Crippen LogP contribution in [0.15, 0.2) is 22.7 Å². The predicted molar refractivity (Wildman–Crippen MR) is 84.5 cm³/mol. The van der Waals surface area contributed by atoms with Crippen LogP contribution in [0.2, 0.25) is 0 Å². The fraction of sp³-hybridized carbons (Fsp3) is 0.533. The first-order valence-electron chi connectivity index (χ1n) is 7.03. The zero-order valence-corrected chi connectivity index (χ0v) is 14.0. The number of carbonyl (C=O) groups is 1. The van der Waals surface area contributed by atoms with E-state index in [0.717, 1.165) is 42.6 Å². The first-order valence-corrected chi connectivity index (χ1v) is 7.82. The molecule has 116 valence electrons. The van der Waals surface area contributed by atoms with Crippen molar-refractivity contribution in [3.63, 3.8) is 0 Å². The standard InChI is InChI=1S/C15H21BrN2O3/c1-20-13-5-4-11(16)10-12(13)14(15(19)21-2)18-8-3-6-17-7-9-18/h4-5,10,14,17H,3,6-9H2,1-2H3. The number of nitrogens with one attached hydrogen (secondary N) is 1. The normalized spacial score (nSPS) is 17.9. The smallest absolute Gasteiger partial charge is 0.327 e. The summed E-state index contributed by atoms with van der Waals surface area (Å²) in [6, 6.07) is 5.26. The fourth-order valence-corrected chi connectivity index (χ4v) is 3.01. The Morgan fingerprint density at radius 3 is 2.86 bits per heavy atom. The molecule has 21 heavy (non-hydrogen) atoms. The van der Waals surface area contributed by atoms with Gasteiger partial charge in [0.05, 0.1) is 14.2 Å². The minimum atomic E-state index is -0.442. The van der Waals surface area contributed by atoms with Crippen molar-refractivity contribution in [1.29, 1.82) is 0 Å². The second-order valence-corrected chi connectivity index (χ2v) is 5.87. The molecular formula is C15H21BrN2O3. The monoisotopic (exact) mass is 356 g/mol. The minimum absolute atomic E-state index is 0.256. The molecule has 0 amide bonds. The van der Waals surface area contributed by atoms with Crippen LogP contribution >= 0.6 is 15.9 Å². The van der Waals surface area contributed by atoms with Crippen LogP contribution < -0.4 is 10.1 Å². The highest BCUT2D eigenvalue weighted by Crippen LogP contribution is 2.33. The van der Waals surface area contributed by atoms with Gasteiger partial charge in [0, 0.05) is 29.7 Å². The molecule has 0 radical (unpaired) electrons. The number of esters is 1. The lowest BCUT2D eigenvalue weighted by atomic mass is 10.0. The Hall–Kier alpha value is -1.11. The van der Waals surface area contributed by atoms with Crippen LogP contribution in [0.25, 0.3) is 0 Å². The molecule has 1 N–H and O–H groups in total. The average Bonchev–Trinajstić information content (AvgIpc) is 2.77. The lowest BCUT2D eigenvalue weighted by Crippen LogP contribution is -2.37. The highest BCUT2D eigenvalue weighted by molar-refractivity contribution is 9.10. The molecule has 1 saturated heterocycles. The van der Waals surface area contributed by atoms with Gasteiger partial charge in [-0.1, -0.05) is 15.9 Å². The van der Waals surface area contributed by atoms with Crippen molar-refractivity contribution in [3.8, 4) is 5.75 Å². The second-order valence-electron chi connectivity index (χ2n) is 4.95. The molecule has 1 aliphatic rings. The van der Waals surface area contributed by atoms with Gasteiger partial charge >= 0.3 is 5.97 Å². The molecule has 1 heterocycles. The first-order chi connectivity index (χ1) is 10.2. The van der Waals surface area contributed by atoms with Gasteiger partial charge in [0.2, 0.25) is 0 Å². The highest BCUT2D eigenvalue weighted by Gasteiger charge is 2.31. The third kappa shape index (κ3) is 3.96. The molecule has 1 unspecified atom stereocenters. The second kappa shape index (κ2) is 7.77. The van der Waals surface area contributed by atoms with Crippen molar-refractivity contribution in [3.05, 3.63) is 28.2 Å². The van der Waals surface area contributed by atoms with Gasteiger partial charge in [-0.25, -0.2) is 4.79 Å². The summed E-state index contributed by atoms with van der Waals surface area (Å²) in [5, 5.41) is 3.35. The Balaban J connectivity index is 2.39. The van der Waals surface area contributed by atoms with Crippen LogP contribution in [0.4, 0.5) is 0 Å². The Morgan fingerprint density at radius 1 is 1.33 bits per heavy atom. The summed E-state index contributed by atoms with van der Waals surface area (Å²) in [6.45, 7) is 3.49. The summed E-state index contributed by atoms with van der Waals surface area (Å²) in [4.78, 5) is 14.5. The van der Waals surface area contributed by atoms with E-state index in [1.807, 2.05) is 18.2 Å². The molecule has 6 heteroatoms. The number of carbonyl (C=O) groups excluding carboxylic acids is 1. The third-order valence-electron chi connectivity index (χ3n) is 3.65. The lowest BCUT2D eigenvalue weighted by molar-refractivity contribution is -0.147. The minimum Gasteiger partial charge on any atom is -0.496 e. The molecule has 0 saturated carbocycles. The summed E-state index contributed by atoms with van der Waals surface area (Å²) in [5.74, 6) is 0.444. The molecule has 0 aromatic heterocycles. The number of nitrogens with zero attached hydrogens (tertiary/aromatic N) is 1. The Morgan fingerprint density at radius 2 is 2.14 bits per heavy atom. The number of hydrogen-bond donors (Lipinski definition) is 1. The average molecular weight is 357 g/mol. The van der Waals surface area contributed by atoms with E-state index in [1.165, 1.54) is 7.11 Å². The molecule has 0 bridgehead atoms. The zero-order valence-electron chi connectivity index (χ0n) is 12.4. The Bertz CT molecular complexity index is 488. The third-order valence-corrected chi connectivity index (χ3v) is 4.14. The molecule has 0 aliphatic carbocycles. The molecule has 1 atom stereocenters. The quantitative estimate of drug-likeness (QED) is 0.835. The molecule has 1 aromatic carbocycles. The fourth-order valence-electron chi connectivity index (χ4n) is 2.63. The van der Waals surface area contributed by atoms with Gasteiger partial charge in [-0.3, -0.25) is 4.90 Å². The van der Waals surface area contributed by atoms with Crippen molar-refractivity contribution in [2.45, 2.75) is 12.5 Å². The number of benzene rings is 1. The van der Waals surface area contributed by atoms with E-state index in [-0.39, 0.29) is 5.97 Å². The Kier molecular flexibility index (Phi) is 6.02. The molecule has 1 aliphatic heterocycles. The maximum atomic E-state index is 12.3. The van der Waals surface area contributed by atoms with Crippen molar-refractivity contribution < 1.29 is 14.3 Å². The first kappa shape index (κ1) is 16.3. The van der Waals surface area contributed by atoms with E-state index in [0.29, 0.717) is 5.75 Å². The van der Waals surface area contributed by atoms with Crippen LogP contribution in [0.1, 0.15) is 18.0 Å². The summed E-state index contributed by atoms with van der Waals surface area (Å²) in [5.41, 5.74) is 0.834. The number of hydrogen-bond acceptors (Lipinski definition) is 5. The Labute approximate surface area is 133 Å². The molecule has 5 nitrogen and oxygen atoms in total. The van der Waals surface area contributed by atoms with E-state index in [4.69, 9.17) is 9.47 Å². The number of ether oxygens (including phenoxy) is 2. The van der Waals surface area contributed by atoms with E-state index in [1.54, 1.807) is 7.11 Å². The van der Waals surface area contributed by atoms with Gasteiger partial charge in [-0.2, -0.15) is 0 Å². The summed E-state index contributed by atoms with van der Waals surface area (Å²) < 4.78 is 11.4. The molecule has 2 rings (SSSR count). The van der Waals surface area contributed by atoms with Crippen molar-refractivity contribution >= 4 is 21.9 Å². The van der Waals surface area contributed by atoms with Crippen molar-refractivity contribution in [2.24, 2.45) is 0 Å². The zero-order chi connectivity index (χ0) is 15.2. The van der Waals surface area contributed by atoms with Gasteiger partial charge in [-0.15, -0.1) is 0 Å². The SMILES string of the molecule is COC(=O)C(c1cc(Br)ccc1OC)N1CCCNCC1. The van der Waals surface area contributed by atoms with Crippen LogP contribution in [-0.4, -0.2) is 51.3 Å². The van der Waals surface area contributed by atoms with Crippen LogP contribution in [0.5, 0.6) is 5.75 Å². The summed E-state index contributed by atoms with van der Waals surface area (Å²) in [7, 11) is 3.04. The van der Waals surface area contributed by atoms with Gasteiger partial charge in [-0.05, 0) is 31.2 Å². The molecule has 1 fully saturated rings. The maximum Gasteiger partial charge on any atom is 0.327 e. The van der Waals surface area contributed by atoms with Gasteiger partial charge in [0.25, 0.3) is 0 Å².